The molecule has 1 aliphatic carbocycles. The van der Waals surface area contributed by atoms with Crippen LogP contribution in [0.5, 0.6) is 0 Å². The van der Waals surface area contributed by atoms with E-state index in [0.29, 0.717) is 4.48 Å². The van der Waals surface area contributed by atoms with E-state index in [4.69, 9.17) is 15.4 Å². The van der Waals surface area contributed by atoms with Gasteiger partial charge in [0.25, 0.3) is 9.05 Å². The summed E-state index contributed by atoms with van der Waals surface area (Å²) in [5, 5.41) is 0. The molecule has 0 saturated carbocycles. The number of ether oxygens (including phenoxy) is 1. The molecule has 6 heteroatoms. The van der Waals surface area contributed by atoms with Crippen LogP contribution in [0.15, 0.2) is 22.7 Å². The van der Waals surface area contributed by atoms with Crippen LogP contribution < -0.4 is 0 Å². The van der Waals surface area contributed by atoms with Gasteiger partial charge < -0.3 is 4.74 Å². The maximum absolute atomic E-state index is 11.2. The fraction of sp³-hybridized carbons (Fsp3) is 0.429. The van der Waals surface area contributed by atoms with E-state index >= 15 is 0 Å². The first kappa shape index (κ1) is 11.2. The number of methoxy groups -OCH3 is 1. The molecular weight excluding hydrogens is 279 g/mol. The zero-order valence-corrected chi connectivity index (χ0v) is 9.99. The van der Waals surface area contributed by atoms with Gasteiger partial charge in [-0.05, 0) is 6.08 Å². The topological polar surface area (TPSA) is 43.4 Å². The zero-order valence-electron chi connectivity index (χ0n) is 6.83. The van der Waals surface area contributed by atoms with Crippen molar-refractivity contribution in [3.63, 3.8) is 0 Å². The Morgan fingerprint density at radius 2 is 2.31 bits per heavy atom. The maximum Gasteiger partial charge on any atom is 0.266 e. The van der Waals surface area contributed by atoms with Crippen LogP contribution in [-0.2, 0) is 13.8 Å². The second-order valence-corrected chi connectivity index (χ2v) is 6.29. The summed E-state index contributed by atoms with van der Waals surface area (Å²) in [5.41, 5.74) is 0. The first-order valence-electron chi connectivity index (χ1n) is 3.45. The highest BCUT2D eigenvalue weighted by atomic mass is 79.9. The van der Waals surface area contributed by atoms with Gasteiger partial charge >= 0.3 is 0 Å². The van der Waals surface area contributed by atoms with Gasteiger partial charge in [0.15, 0.2) is 0 Å². The molecule has 0 heterocycles. The quantitative estimate of drug-likeness (QED) is 0.731. The lowest BCUT2D eigenvalue weighted by Crippen LogP contribution is -2.36. The molecule has 0 amide bonds. The van der Waals surface area contributed by atoms with Crippen LogP contribution in [0, 0.1) is 0 Å². The maximum atomic E-state index is 11.2. The molecule has 0 saturated heterocycles. The van der Waals surface area contributed by atoms with Crippen LogP contribution in [0.4, 0.5) is 0 Å². The van der Waals surface area contributed by atoms with Crippen molar-refractivity contribution in [3.8, 4) is 0 Å². The summed E-state index contributed by atoms with van der Waals surface area (Å²) in [6.45, 7) is 0. The van der Waals surface area contributed by atoms with Crippen LogP contribution in [0.2, 0.25) is 0 Å². The summed E-state index contributed by atoms with van der Waals surface area (Å²) in [5.74, 6) is 0. The Morgan fingerprint density at radius 3 is 2.62 bits per heavy atom. The monoisotopic (exact) mass is 286 g/mol. The van der Waals surface area contributed by atoms with Crippen molar-refractivity contribution < 1.29 is 13.2 Å². The van der Waals surface area contributed by atoms with E-state index in [1.807, 2.05) is 0 Å². The molecule has 0 aliphatic heterocycles. The first-order chi connectivity index (χ1) is 5.91. The van der Waals surface area contributed by atoms with Crippen molar-refractivity contribution in [2.24, 2.45) is 0 Å². The highest BCUT2D eigenvalue weighted by Crippen LogP contribution is 2.34. The van der Waals surface area contributed by atoms with Crippen molar-refractivity contribution in [1.29, 1.82) is 0 Å². The molecule has 0 N–H and O–H groups in total. The lowest BCUT2D eigenvalue weighted by Gasteiger charge is -2.26. The normalized spacial score (nSPS) is 28.7. The van der Waals surface area contributed by atoms with Gasteiger partial charge in [0.05, 0.1) is 0 Å². The Balaban J connectivity index is 3.18. The third-order valence-corrected chi connectivity index (χ3v) is 4.35. The van der Waals surface area contributed by atoms with Gasteiger partial charge in [-0.25, -0.2) is 8.42 Å². The average molecular weight is 288 g/mol. The summed E-state index contributed by atoms with van der Waals surface area (Å²) < 4.78 is 28.0. The third kappa shape index (κ3) is 2.15. The third-order valence-electron chi connectivity index (χ3n) is 1.80. The van der Waals surface area contributed by atoms with E-state index in [0.717, 1.165) is 0 Å². The highest BCUT2D eigenvalue weighted by molar-refractivity contribution is 9.11. The lowest BCUT2D eigenvalue weighted by atomic mass is 10.1. The van der Waals surface area contributed by atoms with Gasteiger partial charge in [0, 0.05) is 28.7 Å². The number of rotatable bonds is 2. The minimum absolute atomic E-state index is 0.227. The van der Waals surface area contributed by atoms with E-state index in [2.05, 4.69) is 15.9 Å². The van der Waals surface area contributed by atoms with E-state index < -0.39 is 14.0 Å². The van der Waals surface area contributed by atoms with Crippen LogP contribution in [0.1, 0.15) is 6.42 Å². The fourth-order valence-electron chi connectivity index (χ4n) is 1.06. The minimum atomic E-state index is -3.78. The van der Waals surface area contributed by atoms with Crippen molar-refractivity contribution in [2.45, 2.75) is 11.4 Å². The molecule has 0 aromatic carbocycles. The summed E-state index contributed by atoms with van der Waals surface area (Å²) in [6.07, 6.45) is 5.10. The van der Waals surface area contributed by atoms with Gasteiger partial charge in [-0.2, -0.15) is 0 Å². The molecule has 1 aliphatic rings. The summed E-state index contributed by atoms with van der Waals surface area (Å²) in [4.78, 5) is -1.43. The lowest BCUT2D eigenvalue weighted by molar-refractivity contribution is 0.105. The van der Waals surface area contributed by atoms with Crippen molar-refractivity contribution in [1.82, 2.24) is 0 Å². The molecule has 0 spiro atoms. The van der Waals surface area contributed by atoms with Crippen LogP contribution in [0.3, 0.4) is 0 Å². The van der Waals surface area contributed by atoms with Gasteiger partial charge in [-0.1, -0.05) is 28.1 Å². The fourth-order valence-corrected chi connectivity index (χ4v) is 3.05. The molecule has 0 bridgehead atoms. The van der Waals surface area contributed by atoms with E-state index in [1.165, 1.54) is 13.2 Å². The Morgan fingerprint density at radius 1 is 1.69 bits per heavy atom. The standard InChI is InChI=1S/C7H8BrClO3S/c1-12-7(13(9,10)11)4-2-3-6(8)5-7/h2-3,5H,4H2,1H3. The summed E-state index contributed by atoms with van der Waals surface area (Å²) >= 11 is 3.17. The average Bonchev–Trinajstić information content (AvgIpc) is 2.02. The molecule has 3 nitrogen and oxygen atoms in total. The van der Waals surface area contributed by atoms with Crippen molar-refractivity contribution in [2.75, 3.05) is 7.11 Å². The van der Waals surface area contributed by atoms with Crippen LogP contribution in [-0.4, -0.2) is 20.5 Å². The second kappa shape index (κ2) is 3.73. The molecule has 1 unspecified atom stereocenters. The number of hydrogen-bond acceptors (Lipinski definition) is 3. The predicted octanol–water partition coefficient (Wildman–Crippen LogP) is 2.14. The van der Waals surface area contributed by atoms with Crippen molar-refractivity contribution >= 4 is 35.7 Å². The molecule has 0 aromatic heterocycles. The van der Waals surface area contributed by atoms with E-state index in [1.54, 1.807) is 12.2 Å². The number of allylic oxidation sites excluding steroid dienone is 2. The molecule has 74 valence electrons. The molecule has 1 atom stereocenters. The Hall–Kier alpha value is 0.160. The molecule has 13 heavy (non-hydrogen) atoms. The van der Waals surface area contributed by atoms with Gasteiger partial charge in [-0.15, -0.1) is 0 Å². The predicted molar refractivity (Wildman–Crippen MR) is 55.3 cm³/mol. The smallest absolute Gasteiger partial charge is 0.266 e. The first-order valence-corrected chi connectivity index (χ1v) is 6.56. The van der Waals surface area contributed by atoms with Crippen LogP contribution in [0.25, 0.3) is 0 Å². The van der Waals surface area contributed by atoms with E-state index in [-0.39, 0.29) is 6.42 Å². The minimum Gasteiger partial charge on any atom is -0.357 e. The van der Waals surface area contributed by atoms with Crippen molar-refractivity contribution in [3.05, 3.63) is 22.7 Å². The highest BCUT2D eigenvalue weighted by Gasteiger charge is 2.41. The van der Waals surface area contributed by atoms with Gasteiger partial charge in [-0.3, -0.25) is 0 Å². The van der Waals surface area contributed by atoms with E-state index in [9.17, 15) is 8.42 Å². The molecule has 0 radical (unpaired) electrons. The SMILES string of the molecule is COC1(S(=O)(=O)Cl)C=C(Br)C=CC1. The second-order valence-electron chi connectivity index (χ2n) is 2.59. The Kier molecular flexibility index (Phi) is 3.22. The molecule has 1 rings (SSSR count). The van der Waals surface area contributed by atoms with Crippen LogP contribution >= 0.6 is 26.6 Å². The molecule has 0 fully saturated rings. The largest absolute Gasteiger partial charge is 0.357 e. The molecular formula is C7H8BrClO3S. The number of hydrogen-bond donors (Lipinski definition) is 0. The summed E-state index contributed by atoms with van der Waals surface area (Å²) in [7, 11) is 2.82. The number of halogens is 2. The zero-order chi connectivity index (χ0) is 10.1. The Labute approximate surface area is 90.0 Å². The Bertz CT molecular complexity index is 360. The van der Waals surface area contributed by atoms with Gasteiger partial charge in [0.1, 0.15) is 0 Å². The summed E-state index contributed by atoms with van der Waals surface area (Å²) in [6, 6.07) is 0. The van der Waals surface area contributed by atoms with Gasteiger partial charge in [0.2, 0.25) is 4.93 Å². The molecule has 0 aromatic rings.